The number of nitrogens with zero attached hydrogens (tertiary/aromatic N) is 2. The maximum atomic E-state index is 13.6. The number of aromatic nitrogens is 1. The normalized spacial score (nSPS) is 16.2. The molecule has 1 unspecified atom stereocenters. The fourth-order valence-corrected chi connectivity index (χ4v) is 7.01. The van der Waals surface area contributed by atoms with Gasteiger partial charge in [0.15, 0.2) is 23.9 Å². The molecule has 50 heavy (non-hydrogen) atoms. The minimum Gasteiger partial charge on any atom is -0.870 e. The zero-order chi connectivity index (χ0) is 34.9. The molecule has 11 nitrogen and oxygen atoms in total. The molecular weight excluding hydrogens is 703 g/mol. The molecule has 2 aromatic heterocycles. The molecule has 1 fully saturated rings. The number of aromatic amines is 1. The molecule has 1 aliphatic heterocycles. The van der Waals surface area contributed by atoms with E-state index < -0.39 is 18.1 Å². The van der Waals surface area contributed by atoms with Gasteiger partial charge in [0.2, 0.25) is 0 Å². The summed E-state index contributed by atoms with van der Waals surface area (Å²) < 4.78 is 22.9. The Bertz CT molecular complexity index is 1710. The van der Waals surface area contributed by atoms with Crippen LogP contribution in [0, 0.1) is 0 Å². The van der Waals surface area contributed by atoms with Crippen LogP contribution in [0.1, 0.15) is 43.4 Å². The fourth-order valence-electron chi connectivity index (χ4n) is 5.64. The van der Waals surface area contributed by atoms with E-state index in [1.165, 1.54) is 11.3 Å². The SMILES string of the molecule is COc1ccc([C@H](Cc2c(Cl)c[nH+]cc2Cl)OC(=O)c2ccc(CNC(C(=O)OC[C@@H]3CN(C)CCN3C)c3ccccc3)s2)cc1OC.[OH-]. The van der Waals surface area contributed by atoms with E-state index in [-0.39, 0.29) is 23.9 Å². The van der Waals surface area contributed by atoms with Crippen molar-refractivity contribution in [2.45, 2.75) is 31.2 Å². The van der Waals surface area contributed by atoms with Crippen LogP contribution in [0.4, 0.5) is 0 Å². The number of hydrogen-bond acceptors (Lipinski definition) is 11. The number of likely N-dealkylation sites (N-methyl/N-ethyl adjacent to an activating group) is 2. The molecule has 0 saturated carbocycles. The van der Waals surface area contributed by atoms with Gasteiger partial charge in [0.1, 0.15) is 33.7 Å². The minimum absolute atomic E-state index is 0. The Morgan fingerprint density at radius 1 is 0.960 bits per heavy atom. The average Bonchev–Trinajstić information content (AvgIpc) is 3.59. The van der Waals surface area contributed by atoms with Crippen molar-refractivity contribution < 1.29 is 39.0 Å². The molecule has 1 aliphatic rings. The first-order chi connectivity index (χ1) is 23.7. The van der Waals surface area contributed by atoms with Gasteiger partial charge in [0.05, 0.1) is 20.3 Å². The zero-order valence-electron chi connectivity index (χ0n) is 28.4. The van der Waals surface area contributed by atoms with Crippen LogP contribution < -0.4 is 19.8 Å². The van der Waals surface area contributed by atoms with Crippen molar-refractivity contribution >= 4 is 46.5 Å². The molecule has 0 aliphatic carbocycles. The number of esters is 2. The van der Waals surface area contributed by atoms with E-state index in [9.17, 15) is 9.59 Å². The average molecular weight is 746 g/mol. The van der Waals surface area contributed by atoms with E-state index in [0.717, 1.165) is 30.1 Å². The molecule has 14 heteroatoms. The predicted octanol–water partition coefficient (Wildman–Crippen LogP) is 5.47. The van der Waals surface area contributed by atoms with Gasteiger partial charge < -0.3 is 29.3 Å². The summed E-state index contributed by atoms with van der Waals surface area (Å²) in [5.41, 5.74) is 2.11. The van der Waals surface area contributed by atoms with E-state index in [1.807, 2.05) is 42.5 Å². The van der Waals surface area contributed by atoms with Crippen LogP contribution in [0.3, 0.4) is 0 Å². The number of carbonyl (C=O) groups excluding carboxylic acids is 2. The second kappa shape index (κ2) is 18.5. The molecule has 3 atom stereocenters. The van der Waals surface area contributed by atoms with Crippen LogP contribution in [-0.2, 0) is 27.2 Å². The summed E-state index contributed by atoms with van der Waals surface area (Å²) in [6.45, 7) is 3.38. The Kier molecular flexibility index (Phi) is 14.4. The van der Waals surface area contributed by atoms with Crippen LogP contribution in [-0.4, -0.2) is 87.8 Å². The van der Waals surface area contributed by atoms with Crippen LogP contribution in [0.2, 0.25) is 10.0 Å². The summed E-state index contributed by atoms with van der Waals surface area (Å²) in [7, 11) is 7.22. The van der Waals surface area contributed by atoms with Crippen molar-refractivity contribution in [1.29, 1.82) is 0 Å². The van der Waals surface area contributed by atoms with Gasteiger partial charge in [-0.2, -0.15) is 0 Å². The molecule has 0 bridgehead atoms. The number of hydrogen-bond donors (Lipinski definition) is 1. The highest BCUT2D eigenvalue weighted by Crippen LogP contribution is 2.36. The van der Waals surface area contributed by atoms with Gasteiger partial charge in [-0.3, -0.25) is 10.2 Å². The predicted molar refractivity (Wildman–Crippen MR) is 192 cm³/mol. The lowest BCUT2D eigenvalue weighted by Gasteiger charge is -2.37. The largest absolute Gasteiger partial charge is 0.870 e. The number of carbonyl (C=O) groups is 2. The monoisotopic (exact) mass is 744 g/mol. The van der Waals surface area contributed by atoms with Gasteiger partial charge in [-0.25, -0.2) is 14.6 Å². The number of rotatable bonds is 14. The Morgan fingerprint density at radius 2 is 1.68 bits per heavy atom. The molecular formula is C36H42Cl2N4O7S. The standard InChI is InChI=1S/C36H40Cl2N4O6S.H2O/c1-41-14-15-42(2)25(21-41)22-47-36(44)34(23-8-6-5-7-9-23)40-18-26-11-13-33(49-26)35(43)48-31(17-27-28(37)19-39-20-29(27)38)24-10-12-30(45-3)32(16-24)46-4;/h5-13,16,19-20,25,31,34,40H,14-15,17-18,21-22H2,1-4H3;1H2/t25-,31-,34?;/m0./s1. The number of pyridine rings is 1. The molecule has 5 rings (SSSR count). The maximum absolute atomic E-state index is 13.6. The van der Waals surface area contributed by atoms with Crippen molar-refractivity contribution in [1.82, 2.24) is 15.1 Å². The summed E-state index contributed by atoms with van der Waals surface area (Å²) in [6.07, 6.45) is 2.73. The minimum atomic E-state index is -0.742. The lowest BCUT2D eigenvalue weighted by Crippen LogP contribution is -2.52. The lowest BCUT2D eigenvalue weighted by atomic mass is 10.0. The Morgan fingerprint density at radius 3 is 2.38 bits per heavy atom. The van der Waals surface area contributed by atoms with Gasteiger partial charge in [-0.15, -0.1) is 11.3 Å². The second-order valence-corrected chi connectivity index (χ2v) is 13.8. The third-order valence-electron chi connectivity index (χ3n) is 8.52. The number of ether oxygens (including phenoxy) is 4. The Labute approximate surface area is 306 Å². The first kappa shape index (κ1) is 39.0. The maximum Gasteiger partial charge on any atom is 0.348 e. The molecule has 4 aromatic rings. The van der Waals surface area contributed by atoms with Crippen LogP contribution in [0.15, 0.2) is 73.1 Å². The van der Waals surface area contributed by atoms with Gasteiger partial charge in [0, 0.05) is 43.0 Å². The van der Waals surface area contributed by atoms with Crippen molar-refractivity contribution in [2.24, 2.45) is 0 Å². The van der Waals surface area contributed by atoms with E-state index in [1.54, 1.807) is 44.8 Å². The lowest BCUT2D eigenvalue weighted by molar-refractivity contribution is -0.377. The van der Waals surface area contributed by atoms with Crippen molar-refractivity contribution in [2.75, 3.05) is 54.6 Å². The number of H-pyrrole nitrogens is 1. The van der Waals surface area contributed by atoms with Gasteiger partial charge in [0.25, 0.3) is 0 Å². The highest BCUT2D eigenvalue weighted by molar-refractivity contribution is 7.13. The van der Waals surface area contributed by atoms with Gasteiger partial charge >= 0.3 is 11.9 Å². The van der Waals surface area contributed by atoms with E-state index in [4.69, 9.17) is 42.1 Å². The van der Waals surface area contributed by atoms with Crippen molar-refractivity contribution in [3.05, 3.63) is 110 Å². The molecule has 0 amide bonds. The van der Waals surface area contributed by atoms with E-state index in [0.29, 0.717) is 50.7 Å². The third kappa shape index (κ3) is 9.94. The summed E-state index contributed by atoms with van der Waals surface area (Å²) >= 11 is 14.2. The quantitative estimate of drug-likeness (QED) is 0.166. The Balaban J connectivity index is 0.00000562. The molecule has 1 saturated heterocycles. The zero-order valence-corrected chi connectivity index (χ0v) is 30.7. The van der Waals surface area contributed by atoms with Crippen LogP contribution in [0.5, 0.6) is 11.5 Å². The number of nitrogens with one attached hydrogen (secondary N) is 2. The first-order valence-electron chi connectivity index (χ1n) is 15.9. The summed E-state index contributed by atoms with van der Waals surface area (Å²) in [6, 6.07) is 17.8. The number of benzene rings is 2. The highest BCUT2D eigenvalue weighted by atomic mass is 35.5. The molecule has 0 radical (unpaired) electrons. The highest BCUT2D eigenvalue weighted by Gasteiger charge is 2.28. The molecule has 2 aromatic carbocycles. The van der Waals surface area contributed by atoms with E-state index >= 15 is 0 Å². The molecule has 3 N–H and O–H groups in total. The topological polar surface area (TPSA) is 134 Å². The first-order valence-corrected chi connectivity index (χ1v) is 17.4. The van der Waals surface area contributed by atoms with Gasteiger partial charge in [-0.05, 0) is 49.5 Å². The van der Waals surface area contributed by atoms with Crippen molar-refractivity contribution in [3.63, 3.8) is 0 Å². The summed E-state index contributed by atoms with van der Waals surface area (Å²) in [5.74, 6) is 0.182. The molecule has 0 spiro atoms. The molecule has 3 heterocycles. The second-order valence-electron chi connectivity index (χ2n) is 11.9. The number of halogens is 2. The van der Waals surface area contributed by atoms with Crippen LogP contribution in [0.25, 0.3) is 0 Å². The van der Waals surface area contributed by atoms with Crippen LogP contribution >= 0.6 is 34.5 Å². The summed E-state index contributed by atoms with van der Waals surface area (Å²) in [4.78, 5) is 35.6. The van der Waals surface area contributed by atoms with E-state index in [2.05, 4.69) is 34.2 Å². The molecule has 268 valence electrons. The third-order valence-corrected chi connectivity index (χ3v) is 10.3. The fraction of sp³-hybridized carbons (Fsp3) is 0.361. The Hall–Kier alpha value is -3.75. The number of piperazine rings is 1. The van der Waals surface area contributed by atoms with Crippen molar-refractivity contribution in [3.8, 4) is 11.5 Å². The van der Waals surface area contributed by atoms with Gasteiger partial charge in [-0.1, -0.05) is 59.6 Å². The number of methoxy groups -OCH3 is 2. The number of thiophene rings is 1. The smallest absolute Gasteiger partial charge is 0.348 e. The summed E-state index contributed by atoms with van der Waals surface area (Å²) in [5, 5.41) is 4.19.